The zero-order valence-corrected chi connectivity index (χ0v) is 23.2. The second kappa shape index (κ2) is 11.2. The average molecular weight is 497 g/mol. The van der Waals surface area contributed by atoms with E-state index >= 15 is 0 Å². The van der Waals surface area contributed by atoms with Crippen LogP contribution < -0.4 is 0 Å². The monoisotopic (exact) mass is 496 g/mol. The second-order valence-electron chi connectivity index (χ2n) is 10.9. The molecule has 3 aromatic rings. The number of benzene rings is 3. The van der Waals surface area contributed by atoms with Crippen LogP contribution in [0.1, 0.15) is 99.1 Å². The van der Waals surface area contributed by atoms with Crippen LogP contribution in [0.25, 0.3) is 11.1 Å². The number of rotatable bonds is 6. The fraction of sp³-hybridized carbons (Fsp3) is 0.429. The summed E-state index contributed by atoms with van der Waals surface area (Å²) >= 11 is 0. The van der Waals surface area contributed by atoms with Gasteiger partial charge in [-0.15, -0.1) is 0 Å². The van der Waals surface area contributed by atoms with Gasteiger partial charge in [0, 0.05) is 11.0 Å². The minimum absolute atomic E-state index is 0.112. The van der Waals surface area contributed by atoms with E-state index in [2.05, 4.69) is 75.9 Å². The molecule has 0 bridgehead atoms. The van der Waals surface area contributed by atoms with Crippen molar-refractivity contribution in [2.75, 3.05) is 0 Å². The van der Waals surface area contributed by atoms with Gasteiger partial charge in [-0.25, -0.2) is 4.39 Å². The summed E-state index contributed by atoms with van der Waals surface area (Å²) in [6, 6.07) is 18.9. The Balaban J connectivity index is 1.68. The van der Waals surface area contributed by atoms with Crippen LogP contribution in [0.3, 0.4) is 0 Å². The molecule has 0 saturated heterocycles. The summed E-state index contributed by atoms with van der Waals surface area (Å²) < 4.78 is 14.5. The lowest BCUT2D eigenvalue weighted by molar-refractivity contribution is 0.0610. The first-order valence-corrected chi connectivity index (χ1v) is 14.0. The highest BCUT2D eigenvalue weighted by molar-refractivity contribution is 5.68. The lowest BCUT2D eigenvalue weighted by Gasteiger charge is -2.34. The van der Waals surface area contributed by atoms with Crippen LogP contribution in [0.15, 0.2) is 54.6 Å². The highest BCUT2D eigenvalue weighted by Gasteiger charge is 2.31. The molecule has 4 rings (SSSR count). The van der Waals surface area contributed by atoms with Crippen molar-refractivity contribution in [3.8, 4) is 23.0 Å². The van der Waals surface area contributed by atoms with Gasteiger partial charge in [0.25, 0.3) is 0 Å². The number of aryl methyl sites for hydroxylation is 3. The summed E-state index contributed by atoms with van der Waals surface area (Å²) in [4.78, 5) is 0. The van der Waals surface area contributed by atoms with E-state index in [9.17, 15) is 9.50 Å². The first-order chi connectivity index (χ1) is 17.7. The number of halogens is 1. The second-order valence-corrected chi connectivity index (χ2v) is 10.9. The average Bonchev–Trinajstić information content (AvgIpc) is 2.90. The fourth-order valence-electron chi connectivity index (χ4n) is 6.07. The lowest BCUT2D eigenvalue weighted by atomic mass is 9.69. The smallest absolute Gasteiger partial charge is 0.127 e. The Morgan fingerprint density at radius 3 is 2.05 bits per heavy atom. The number of hydrogen-bond donors (Lipinski definition) is 1. The third kappa shape index (κ3) is 5.53. The fourth-order valence-corrected chi connectivity index (χ4v) is 6.07. The molecule has 1 nitrogen and oxygen atoms in total. The largest absolute Gasteiger partial charge is 0.378 e. The molecular weight excluding hydrogens is 455 g/mol. The summed E-state index contributed by atoms with van der Waals surface area (Å²) in [5.74, 6) is 6.36. The van der Waals surface area contributed by atoms with Crippen molar-refractivity contribution in [2.24, 2.45) is 0 Å². The molecule has 194 valence electrons. The van der Waals surface area contributed by atoms with E-state index in [1.54, 1.807) is 6.07 Å². The summed E-state index contributed by atoms with van der Waals surface area (Å²) in [6.07, 6.45) is 7.50. The summed E-state index contributed by atoms with van der Waals surface area (Å²) in [5.41, 5.74) is 7.70. The van der Waals surface area contributed by atoms with E-state index in [0.717, 1.165) is 71.9 Å². The molecule has 1 aliphatic rings. The Labute approximate surface area is 223 Å². The molecule has 0 aliphatic heterocycles. The van der Waals surface area contributed by atoms with Crippen LogP contribution in [0.5, 0.6) is 0 Å². The lowest BCUT2D eigenvalue weighted by Crippen LogP contribution is -2.29. The van der Waals surface area contributed by atoms with Gasteiger partial charge in [-0.05, 0) is 110 Å². The molecule has 2 heteroatoms. The quantitative estimate of drug-likeness (QED) is 0.338. The minimum atomic E-state index is -0.834. The molecule has 0 spiro atoms. The number of aliphatic hydroxyl groups is 1. The van der Waals surface area contributed by atoms with Crippen molar-refractivity contribution in [3.63, 3.8) is 0 Å². The van der Waals surface area contributed by atoms with E-state index in [0.29, 0.717) is 6.42 Å². The van der Waals surface area contributed by atoms with Crippen LogP contribution in [0.2, 0.25) is 0 Å². The molecule has 0 atom stereocenters. The molecule has 3 aromatic carbocycles. The molecule has 1 N–H and O–H groups in total. The van der Waals surface area contributed by atoms with Crippen molar-refractivity contribution >= 4 is 0 Å². The van der Waals surface area contributed by atoms with Crippen molar-refractivity contribution in [1.82, 2.24) is 0 Å². The van der Waals surface area contributed by atoms with Crippen LogP contribution >= 0.6 is 0 Å². The Morgan fingerprint density at radius 2 is 1.49 bits per heavy atom. The van der Waals surface area contributed by atoms with Crippen LogP contribution in [0.4, 0.5) is 4.39 Å². The van der Waals surface area contributed by atoms with Crippen molar-refractivity contribution in [1.29, 1.82) is 0 Å². The van der Waals surface area contributed by atoms with Gasteiger partial charge in [0.15, 0.2) is 0 Å². The van der Waals surface area contributed by atoms with E-state index < -0.39 is 5.60 Å². The molecule has 0 radical (unpaired) electrons. The predicted molar refractivity (Wildman–Crippen MR) is 153 cm³/mol. The standard InChI is InChI=1S/C35H41FO/c1-6-27-12-13-29(24-33(27)36)32-17-16-31(23-26(32)5)35(7-2,8-3)30-15-14-28(25(4)22-30)18-21-34(37)19-10-9-11-20-34/h12-17,22-24,37H,6-11,19-20H2,1-5H3. The van der Waals surface area contributed by atoms with Gasteiger partial charge in [-0.1, -0.05) is 81.5 Å². The Bertz CT molecular complexity index is 1310. The molecule has 1 fully saturated rings. The van der Waals surface area contributed by atoms with E-state index in [4.69, 9.17) is 0 Å². The van der Waals surface area contributed by atoms with Gasteiger partial charge in [-0.3, -0.25) is 0 Å². The van der Waals surface area contributed by atoms with Crippen LogP contribution in [-0.2, 0) is 11.8 Å². The molecular formula is C35H41FO. The zero-order valence-electron chi connectivity index (χ0n) is 23.2. The summed E-state index contributed by atoms with van der Waals surface area (Å²) in [6.45, 7) is 10.7. The summed E-state index contributed by atoms with van der Waals surface area (Å²) in [7, 11) is 0. The van der Waals surface area contributed by atoms with Crippen molar-refractivity contribution in [3.05, 3.63) is 93.8 Å². The Kier molecular flexibility index (Phi) is 8.25. The van der Waals surface area contributed by atoms with Gasteiger partial charge in [-0.2, -0.15) is 0 Å². The first kappa shape index (κ1) is 27.2. The Morgan fingerprint density at radius 1 is 0.838 bits per heavy atom. The topological polar surface area (TPSA) is 20.2 Å². The van der Waals surface area contributed by atoms with Gasteiger partial charge >= 0.3 is 0 Å². The SMILES string of the molecule is CCc1ccc(-c2ccc(C(CC)(CC)c3ccc(C#CC4(O)CCCCC4)c(C)c3)cc2C)cc1F. The highest BCUT2D eigenvalue weighted by atomic mass is 19.1. The minimum Gasteiger partial charge on any atom is -0.378 e. The van der Waals surface area contributed by atoms with E-state index in [1.807, 2.05) is 19.1 Å². The molecule has 1 aliphatic carbocycles. The molecule has 0 aromatic heterocycles. The maximum absolute atomic E-state index is 14.5. The van der Waals surface area contributed by atoms with Gasteiger partial charge in [0.1, 0.15) is 11.4 Å². The third-order valence-corrected chi connectivity index (χ3v) is 8.62. The third-order valence-electron chi connectivity index (χ3n) is 8.62. The highest BCUT2D eigenvalue weighted by Crippen LogP contribution is 2.41. The molecule has 0 heterocycles. The molecule has 0 amide bonds. The van der Waals surface area contributed by atoms with Gasteiger partial charge in [0.05, 0.1) is 0 Å². The normalized spacial score (nSPS) is 15.2. The predicted octanol–water partition coefficient (Wildman–Crippen LogP) is 8.82. The first-order valence-electron chi connectivity index (χ1n) is 14.0. The molecule has 0 unspecified atom stereocenters. The zero-order chi connectivity index (χ0) is 26.6. The van der Waals surface area contributed by atoms with E-state index in [1.165, 1.54) is 17.5 Å². The van der Waals surface area contributed by atoms with Gasteiger partial charge in [0.2, 0.25) is 0 Å². The molecule has 1 saturated carbocycles. The van der Waals surface area contributed by atoms with Crippen molar-refractivity contribution < 1.29 is 9.50 Å². The van der Waals surface area contributed by atoms with E-state index in [-0.39, 0.29) is 11.2 Å². The maximum atomic E-state index is 14.5. The van der Waals surface area contributed by atoms with Crippen LogP contribution in [-0.4, -0.2) is 10.7 Å². The van der Waals surface area contributed by atoms with Crippen LogP contribution in [0, 0.1) is 31.5 Å². The maximum Gasteiger partial charge on any atom is 0.127 e. The van der Waals surface area contributed by atoms with Gasteiger partial charge < -0.3 is 5.11 Å². The molecule has 37 heavy (non-hydrogen) atoms. The number of hydrogen-bond acceptors (Lipinski definition) is 1. The Hall–Kier alpha value is -2.89. The van der Waals surface area contributed by atoms with Crippen molar-refractivity contribution in [2.45, 2.75) is 97.0 Å². The summed E-state index contributed by atoms with van der Waals surface area (Å²) in [5, 5.41) is 10.8.